The third-order valence-corrected chi connectivity index (χ3v) is 3.78. The van der Waals surface area contributed by atoms with Crippen LogP contribution in [-0.2, 0) is 0 Å². The summed E-state index contributed by atoms with van der Waals surface area (Å²) in [6, 6.07) is 16.7. The molecule has 0 aliphatic heterocycles. The van der Waals surface area contributed by atoms with Gasteiger partial charge in [0.1, 0.15) is 5.75 Å². The Morgan fingerprint density at radius 1 is 1.16 bits per heavy atom. The van der Waals surface area contributed by atoms with E-state index >= 15 is 0 Å². The first-order valence-electron chi connectivity index (χ1n) is 6.38. The highest BCUT2D eigenvalue weighted by molar-refractivity contribution is 9.10. The topological polar surface area (TPSA) is 21.3 Å². The maximum absolute atomic E-state index is 5.33. The molecule has 0 amide bonds. The monoisotopic (exact) mass is 319 g/mol. The molecule has 0 radical (unpaired) electrons. The lowest BCUT2D eigenvalue weighted by Crippen LogP contribution is -2.22. The molecule has 0 bridgehead atoms. The molecule has 0 saturated heterocycles. The Morgan fingerprint density at radius 3 is 2.53 bits per heavy atom. The third-order valence-electron chi connectivity index (χ3n) is 3.06. The average Bonchev–Trinajstić information content (AvgIpc) is 2.47. The number of halogens is 1. The first kappa shape index (κ1) is 14.1. The highest BCUT2D eigenvalue weighted by atomic mass is 79.9. The number of ether oxygens (including phenoxy) is 1. The Hall–Kier alpha value is -1.32. The molecule has 0 saturated carbocycles. The van der Waals surface area contributed by atoms with Crippen molar-refractivity contribution in [3.63, 3.8) is 0 Å². The zero-order valence-electron chi connectivity index (χ0n) is 11.2. The van der Waals surface area contributed by atoms with Crippen LogP contribution in [0.15, 0.2) is 53.0 Å². The molecule has 0 fully saturated rings. The maximum atomic E-state index is 5.33. The Labute approximate surface area is 122 Å². The number of rotatable bonds is 5. The number of hydrogen-bond acceptors (Lipinski definition) is 2. The summed E-state index contributed by atoms with van der Waals surface area (Å²) in [5.74, 6) is 0.872. The zero-order valence-corrected chi connectivity index (χ0v) is 12.8. The second-order valence-corrected chi connectivity index (χ2v) is 5.14. The Kier molecular flexibility index (Phi) is 5.00. The Morgan fingerprint density at radius 2 is 1.89 bits per heavy atom. The van der Waals surface area contributed by atoms with Crippen LogP contribution in [0.25, 0.3) is 0 Å². The van der Waals surface area contributed by atoms with Gasteiger partial charge in [-0.1, -0.05) is 53.2 Å². The second-order valence-electron chi connectivity index (χ2n) is 4.29. The number of nitrogens with one attached hydrogen (secondary N) is 1. The van der Waals surface area contributed by atoms with Gasteiger partial charge in [0.25, 0.3) is 0 Å². The summed E-state index contributed by atoms with van der Waals surface area (Å²) in [6.45, 7) is 3.02. The van der Waals surface area contributed by atoms with Gasteiger partial charge in [-0.3, -0.25) is 0 Å². The summed E-state index contributed by atoms with van der Waals surface area (Å²) in [4.78, 5) is 0. The number of benzene rings is 2. The lowest BCUT2D eigenvalue weighted by atomic mass is 9.98. The van der Waals surface area contributed by atoms with E-state index in [0.717, 1.165) is 16.8 Å². The van der Waals surface area contributed by atoms with E-state index in [-0.39, 0.29) is 6.04 Å². The van der Waals surface area contributed by atoms with Gasteiger partial charge in [-0.2, -0.15) is 0 Å². The van der Waals surface area contributed by atoms with Crippen molar-refractivity contribution in [3.8, 4) is 5.75 Å². The van der Waals surface area contributed by atoms with Gasteiger partial charge >= 0.3 is 0 Å². The number of hydrogen-bond donors (Lipinski definition) is 1. The molecule has 0 aliphatic rings. The van der Waals surface area contributed by atoms with Crippen molar-refractivity contribution in [2.24, 2.45) is 0 Å². The molecule has 2 rings (SSSR count). The predicted molar refractivity (Wildman–Crippen MR) is 82.7 cm³/mol. The average molecular weight is 320 g/mol. The first-order valence-corrected chi connectivity index (χ1v) is 7.17. The van der Waals surface area contributed by atoms with Crippen molar-refractivity contribution in [1.82, 2.24) is 5.32 Å². The van der Waals surface area contributed by atoms with Crippen LogP contribution in [-0.4, -0.2) is 13.7 Å². The van der Waals surface area contributed by atoms with Gasteiger partial charge in [0, 0.05) is 4.47 Å². The quantitative estimate of drug-likeness (QED) is 0.893. The fourth-order valence-electron chi connectivity index (χ4n) is 2.13. The van der Waals surface area contributed by atoms with Crippen LogP contribution >= 0.6 is 15.9 Å². The van der Waals surface area contributed by atoms with Crippen LogP contribution in [0, 0.1) is 0 Å². The lowest BCUT2D eigenvalue weighted by molar-refractivity contribution is 0.413. The van der Waals surface area contributed by atoms with Gasteiger partial charge in [0.2, 0.25) is 0 Å². The molecular formula is C16H18BrNO. The standard InChI is InChI=1S/C16H18BrNO/c1-3-18-16(12-7-5-4-6-8-12)14-11-13(19-2)9-10-15(14)17/h4-11,16,18H,3H2,1-2H3. The van der Waals surface area contributed by atoms with Crippen molar-refractivity contribution in [2.45, 2.75) is 13.0 Å². The van der Waals surface area contributed by atoms with Gasteiger partial charge in [-0.15, -0.1) is 0 Å². The molecule has 0 heterocycles. The van der Waals surface area contributed by atoms with E-state index in [4.69, 9.17) is 4.74 Å². The molecule has 1 N–H and O–H groups in total. The molecule has 0 aromatic heterocycles. The summed E-state index contributed by atoms with van der Waals surface area (Å²) in [5.41, 5.74) is 2.44. The third kappa shape index (κ3) is 3.37. The van der Waals surface area contributed by atoms with E-state index < -0.39 is 0 Å². The fourth-order valence-corrected chi connectivity index (χ4v) is 2.60. The molecule has 19 heavy (non-hydrogen) atoms. The van der Waals surface area contributed by atoms with Crippen LogP contribution in [0.4, 0.5) is 0 Å². The molecule has 0 spiro atoms. The smallest absolute Gasteiger partial charge is 0.119 e. The minimum Gasteiger partial charge on any atom is -0.497 e. The van der Waals surface area contributed by atoms with Crippen molar-refractivity contribution in [1.29, 1.82) is 0 Å². The number of methoxy groups -OCH3 is 1. The highest BCUT2D eigenvalue weighted by Gasteiger charge is 2.16. The fraction of sp³-hybridized carbons (Fsp3) is 0.250. The highest BCUT2D eigenvalue weighted by Crippen LogP contribution is 2.31. The van der Waals surface area contributed by atoms with Gasteiger partial charge < -0.3 is 10.1 Å². The summed E-state index contributed by atoms with van der Waals surface area (Å²) in [7, 11) is 1.69. The van der Waals surface area contributed by atoms with Crippen molar-refractivity contribution in [3.05, 3.63) is 64.1 Å². The molecule has 1 atom stereocenters. The molecule has 0 aliphatic carbocycles. The van der Waals surface area contributed by atoms with Crippen LogP contribution < -0.4 is 10.1 Å². The summed E-state index contributed by atoms with van der Waals surface area (Å²) >= 11 is 3.63. The van der Waals surface area contributed by atoms with Crippen LogP contribution in [0.3, 0.4) is 0 Å². The summed E-state index contributed by atoms with van der Waals surface area (Å²) < 4.78 is 6.41. The van der Waals surface area contributed by atoms with Crippen molar-refractivity contribution < 1.29 is 4.74 Å². The second kappa shape index (κ2) is 6.73. The molecule has 100 valence electrons. The SMILES string of the molecule is CCNC(c1ccccc1)c1cc(OC)ccc1Br. The maximum Gasteiger partial charge on any atom is 0.119 e. The Bertz CT molecular complexity index is 528. The van der Waals surface area contributed by atoms with E-state index in [1.807, 2.05) is 18.2 Å². The first-order chi connectivity index (χ1) is 9.26. The van der Waals surface area contributed by atoms with Crippen molar-refractivity contribution >= 4 is 15.9 Å². The summed E-state index contributed by atoms with van der Waals surface area (Å²) in [6.07, 6.45) is 0. The van der Waals surface area contributed by atoms with Crippen LogP contribution in [0.5, 0.6) is 5.75 Å². The van der Waals surface area contributed by atoms with Gasteiger partial charge in [-0.05, 0) is 35.9 Å². The van der Waals surface area contributed by atoms with Gasteiger partial charge in [0.05, 0.1) is 13.2 Å². The zero-order chi connectivity index (χ0) is 13.7. The molecule has 2 aromatic rings. The van der Waals surface area contributed by atoms with E-state index in [0.29, 0.717) is 0 Å². The molecule has 3 heteroatoms. The van der Waals surface area contributed by atoms with Gasteiger partial charge in [-0.25, -0.2) is 0 Å². The lowest BCUT2D eigenvalue weighted by Gasteiger charge is -2.21. The van der Waals surface area contributed by atoms with Crippen LogP contribution in [0.2, 0.25) is 0 Å². The van der Waals surface area contributed by atoms with E-state index in [1.54, 1.807) is 7.11 Å². The molecule has 2 aromatic carbocycles. The predicted octanol–water partition coefficient (Wildman–Crippen LogP) is 4.16. The summed E-state index contributed by atoms with van der Waals surface area (Å²) in [5, 5.41) is 3.52. The Balaban J connectivity index is 2.44. The largest absolute Gasteiger partial charge is 0.497 e. The normalized spacial score (nSPS) is 12.2. The molecule has 1 unspecified atom stereocenters. The van der Waals surface area contributed by atoms with Crippen molar-refractivity contribution in [2.75, 3.05) is 13.7 Å². The van der Waals surface area contributed by atoms with E-state index in [2.05, 4.69) is 58.5 Å². The van der Waals surface area contributed by atoms with E-state index in [9.17, 15) is 0 Å². The molecule has 2 nitrogen and oxygen atoms in total. The van der Waals surface area contributed by atoms with Crippen LogP contribution in [0.1, 0.15) is 24.1 Å². The minimum atomic E-state index is 0.163. The molecular weight excluding hydrogens is 302 g/mol. The minimum absolute atomic E-state index is 0.163. The van der Waals surface area contributed by atoms with E-state index in [1.165, 1.54) is 11.1 Å². The van der Waals surface area contributed by atoms with Gasteiger partial charge in [0.15, 0.2) is 0 Å².